The van der Waals surface area contributed by atoms with Crippen LogP contribution in [0.5, 0.6) is 0 Å². The summed E-state index contributed by atoms with van der Waals surface area (Å²) in [7, 11) is 0. The Bertz CT molecular complexity index is 225. The summed E-state index contributed by atoms with van der Waals surface area (Å²) in [4.78, 5) is 2.68. The lowest BCUT2D eigenvalue weighted by Gasteiger charge is -2.41. The highest BCUT2D eigenvalue weighted by Crippen LogP contribution is 2.34. The SMILES string of the molecule is CCCC1CCC(N)C(N(CC)CC2CC2)C1. The van der Waals surface area contributed by atoms with Gasteiger partial charge in [0.25, 0.3) is 0 Å². The van der Waals surface area contributed by atoms with Crippen molar-refractivity contribution in [3.8, 4) is 0 Å². The van der Waals surface area contributed by atoms with Gasteiger partial charge < -0.3 is 5.73 Å². The molecule has 2 heteroatoms. The molecule has 100 valence electrons. The molecule has 0 saturated heterocycles. The van der Waals surface area contributed by atoms with Crippen molar-refractivity contribution in [2.45, 2.75) is 70.9 Å². The number of rotatable bonds is 6. The summed E-state index contributed by atoms with van der Waals surface area (Å²) >= 11 is 0. The van der Waals surface area contributed by atoms with Crippen molar-refractivity contribution in [1.29, 1.82) is 0 Å². The maximum atomic E-state index is 6.37. The van der Waals surface area contributed by atoms with Crippen LogP contribution in [-0.2, 0) is 0 Å². The van der Waals surface area contributed by atoms with E-state index >= 15 is 0 Å². The van der Waals surface area contributed by atoms with Gasteiger partial charge in [-0.05, 0) is 50.5 Å². The first kappa shape index (κ1) is 13.4. The fraction of sp³-hybridized carbons (Fsp3) is 1.00. The Labute approximate surface area is 107 Å². The van der Waals surface area contributed by atoms with Crippen LogP contribution in [0.3, 0.4) is 0 Å². The lowest BCUT2D eigenvalue weighted by atomic mass is 9.80. The van der Waals surface area contributed by atoms with Crippen molar-refractivity contribution in [1.82, 2.24) is 4.90 Å². The van der Waals surface area contributed by atoms with Gasteiger partial charge >= 0.3 is 0 Å². The smallest absolute Gasteiger partial charge is 0.0249 e. The van der Waals surface area contributed by atoms with Crippen LogP contribution >= 0.6 is 0 Å². The van der Waals surface area contributed by atoms with E-state index in [1.165, 1.54) is 58.0 Å². The van der Waals surface area contributed by atoms with Gasteiger partial charge in [0.05, 0.1) is 0 Å². The highest BCUT2D eigenvalue weighted by Gasteiger charge is 2.34. The number of likely N-dealkylation sites (N-methyl/N-ethyl adjacent to an activating group) is 1. The second-order valence-corrected chi connectivity index (χ2v) is 6.23. The number of hydrogen-bond acceptors (Lipinski definition) is 2. The van der Waals surface area contributed by atoms with Crippen LogP contribution in [0.4, 0.5) is 0 Å². The van der Waals surface area contributed by atoms with Crippen LogP contribution in [-0.4, -0.2) is 30.1 Å². The number of nitrogens with zero attached hydrogens (tertiary/aromatic N) is 1. The van der Waals surface area contributed by atoms with E-state index < -0.39 is 0 Å². The standard InChI is InChI=1S/C15H30N2/c1-3-5-12-8-9-14(16)15(10-12)17(4-2)11-13-6-7-13/h12-15H,3-11,16H2,1-2H3. The van der Waals surface area contributed by atoms with E-state index in [0.717, 1.165) is 11.8 Å². The van der Waals surface area contributed by atoms with Gasteiger partial charge in [-0.25, -0.2) is 0 Å². The molecule has 2 nitrogen and oxygen atoms in total. The minimum atomic E-state index is 0.432. The first-order valence-electron chi connectivity index (χ1n) is 7.74. The van der Waals surface area contributed by atoms with E-state index in [1.807, 2.05) is 0 Å². The topological polar surface area (TPSA) is 29.3 Å². The van der Waals surface area contributed by atoms with Crippen LogP contribution in [0.2, 0.25) is 0 Å². The van der Waals surface area contributed by atoms with E-state index in [1.54, 1.807) is 0 Å². The summed E-state index contributed by atoms with van der Waals surface area (Å²) in [6, 6.07) is 1.10. The van der Waals surface area contributed by atoms with Gasteiger partial charge in [-0.1, -0.05) is 26.7 Å². The summed E-state index contributed by atoms with van der Waals surface area (Å²) < 4.78 is 0. The molecule has 0 aliphatic heterocycles. The van der Waals surface area contributed by atoms with Crippen molar-refractivity contribution >= 4 is 0 Å². The molecule has 2 aliphatic rings. The van der Waals surface area contributed by atoms with Crippen LogP contribution in [0, 0.1) is 11.8 Å². The zero-order valence-corrected chi connectivity index (χ0v) is 11.7. The van der Waals surface area contributed by atoms with Gasteiger partial charge in [0.2, 0.25) is 0 Å². The second kappa shape index (κ2) is 6.19. The molecule has 2 aliphatic carbocycles. The first-order chi connectivity index (χ1) is 8.24. The minimum Gasteiger partial charge on any atom is -0.326 e. The van der Waals surface area contributed by atoms with E-state index in [9.17, 15) is 0 Å². The molecule has 3 unspecified atom stereocenters. The van der Waals surface area contributed by atoms with Gasteiger partial charge in [0.1, 0.15) is 0 Å². The maximum absolute atomic E-state index is 6.37. The molecule has 3 atom stereocenters. The molecule has 2 rings (SSSR count). The molecule has 0 heterocycles. The van der Waals surface area contributed by atoms with Gasteiger partial charge in [-0.3, -0.25) is 4.90 Å². The number of nitrogens with two attached hydrogens (primary N) is 1. The third-order valence-corrected chi connectivity index (χ3v) is 4.74. The van der Waals surface area contributed by atoms with Crippen LogP contribution < -0.4 is 5.73 Å². The molecular formula is C15H30N2. The first-order valence-corrected chi connectivity index (χ1v) is 7.74. The molecule has 0 aromatic rings. The Balaban J connectivity index is 1.89. The van der Waals surface area contributed by atoms with Crippen LogP contribution in [0.25, 0.3) is 0 Å². The van der Waals surface area contributed by atoms with Crippen molar-refractivity contribution in [2.24, 2.45) is 17.6 Å². The molecule has 0 spiro atoms. The predicted octanol–water partition coefficient (Wildman–Crippen LogP) is 3.01. The second-order valence-electron chi connectivity index (χ2n) is 6.23. The predicted molar refractivity (Wildman–Crippen MR) is 74.0 cm³/mol. The van der Waals surface area contributed by atoms with Crippen LogP contribution in [0.1, 0.15) is 58.8 Å². The van der Waals surface area contributed by atoms with Crippen molar-refractivity contribution in [2.75, 3.05) is 13.1 Å². The highest BCUT2D eigenvalue weighted by molar-refractivity contribution is 4.91. The van der Waals surface area contributed by atoms with E-state index in [2.05, 4.69) is 18.7 Å². The Morgan fingerprint density at radius 1 is 1.06 bits per heavy atom. The average Bonchev–Trinajstić information content (AvgIpc) is 3.13. The zero-order chi connectivity index (χ0) is 12.3. The molecule has 0 bridgehead atoms. The Morgan fingerprint density at radius 2 is 1.76 bits per heavy atom. The zero-order valence-electron chi connectivity index (χ0n) is 11.7. The Hall–Kier alpha value is -0.0800. The number of hydrogen-bond donors (Lipinski definition) is 1. The van der Waals surface area contributed by atoms with E-state index in [-0.39, 0.29) is 0 Å². The maximum Gasteiger partial charge on any atom is 0.0249 e. The lowest BCUT2D eigenvalue weighted by molar-refractivity contribution is 0.109. The molecule has 0 amide bonds. The Kier molecular flexibility index (Phi) is 4.87. The monoisotopic (exact) mass is 238 g/mol. The summed E-state index contributed by atoms with van der Waals surface area (Å²) in [5, 5.41) is 0. The quantitative estimate of drug-likeness (QED) is 0.771. The van der Waals surface area contributed by atoms with Gasteiger partial charge in [-0.15, -0.1) is 0 Å². The van der Waals surface area contributed by atoms with Crippen molar-refractivity contribution in [3.63, 3.8) is 0 Å². The molecule has 2 N–H and O–H groups in total. The molecule has 0 radical (unpaired) electrons. The Morgan fingerprint density at radius 3 is 2.35 bits per heavy atom. The fourth-order valence-corrected chi connectivity index (χ4v) is 3.48. The molecule has 0 aromatic carbocycles. The normalized spacial score (nSPS) is 34.2. The average molecular weight is 238 g/mol. The fourth-order valence-electron chi connectivity index (χ4n) is 3.48. The summed E-state index contributed by atoms with van der Waals surface area (Å²) in [6.45, 7) is 7.12. The van der Waals surface area contributed by atoms with E-state index in [4.69, 9.17) is 5.73 Å². The molecule has 0 aromatic heterocycles. The van der Waals surface area contributed by atoms with Gasteiger partial charge in [0, 0.05) is 18.6 Å². The third kappa shape index (κ3) is 3.69. The van der Waals surface area contributed by atoms with E-state index in [0.29, 0.717) is 12.1 Å². The third-order valence-electron chi connectivity index (χ3n) is 4.74. The summed E-state index contributed by atoms with van der Waals surface area (Å²) in [6.07, 6.45) is 9.62. The molecule has 17 heavy (non-hydrogen) atoms. The summed E-state index contributed by atoms with van der Waals surface area (Å²) in [5.41, 5.74) is 6.37. The minimum absolute atomic E-state index is 0.432. The van der Waals surface area contributed by atoms with Crippen LogP contribution in [0.15, 0.2) is 0 Å². The lowest BCUT2D eigenvalue weighted by Crippen LogP contribution is -2.51. The molecule has 2 saturated carbocycles. The van der Waals surface area contributed by atoms with Crippen molar-refractivity contribution in [3.05, 3.63) is 0 Å². The van der Waals surface area contributed by atoms with Gasteiger partial charge in [0.15, 0.2) is 0 Å². The van der Waals surface area contributed by atoms with Crippen molar-refractivity contribution < 1.29 is 0 Å². The molecule has 2 fully saturated rings. The largest absolute Gasteiger partial charge is 0.326 e. The summed E-state index contributed by atoms with van der Waals surface area (Å²) in [5.74, 6) is 1.94. The van der Waals surface area contributed by atoms with Gasteiger partial charge in [-0.2, -0.15) is 0 Å². The molecular weight excluding hydrogens is 208 g/mol. The highest BCUT2D eigenvalue weighted by atomic mass is 15.2.